The molecule has 0 saturated carbocycles. The van der Waals surface area contributed by atoms with E-state index in [1.807, 2.05) is 11.0 Å². The van der Waals surface area contributed by atoms with Gasteiger partial charge < -0.3 is 19.7 Å². The zero-order valence-corrected chi connectivity index (χ0v) is 12.3. The predicted molar refractivity (Wildman–Crippen MR) is 77.3 cm³/mol. The lowest BCUT2D eigenvalue weighted by Crippen LogP contribution is -2.44. The normalized spacial score (nSPS) is 18.6. The Morgan fingerprint density at radius 2 is 2.05 bits per heavy atom. The minimum atomic E-state index is 0.168. The predicted octanol–water partition coefficient (Wildman–Crippen LogP) is 0.953. The van der Waals surface area contributed by atoms with Crippen molar-refractivity contribution in [1.29, 1.82) is 0 Å². The van der Waals surface area contributed by atoms with Crippen molar-refractivity contribution in [1.82, 2.24) is 15.2 Å². The van der Waals surface area contributed by atoms with Crippen molar-refractivity contribution in [2.24, 2.45) is 0 Å². The van der Waals surface area contributed by atoms with Crippen molar-refractivity contribution in [2.75, 3.05) is 26.3 Å². The van der Waals surface area contributed by atoms with Crippen molar-refractivity contribution in [3.05, 3.63) is 18.0 Å². The van der Waals surface area contributed by atoms with Gasteiger partial charge in [0, 0.05) is 38.7 Å². The molecule has 1 saturated heterocycles. The molecule has 1 amide bonds. The van der Waals surface area contributed by atoms with E-state index in [9.17, 15) is 4.79 Å². The van der Waals surface area contributed by atoms with Crippen LogP contribution in [-0.4, -0.2) is 48.1 Å². The summed E-state index contributed by atoms with van der Waals surface area (Å²) in [5.41, 5.74) is 0.952. The summed E-state index contributed by atoms with van der Waals surface area (Å²) in [6.45, 7) is 5.19. The van der Waals surface area contributed by atoms with Gasteiger partial charge in [-0.05, 0) is 12.8 Å². The van der Waals surface area contributed by atoms with E-state index >= 15 is 0 Å². The lowest BCUT2D eigenvalue weighted by atomic mass is 10.0. The van der Waals surface area contributed by atoms with Crippen LogP contribution in [0.15, 0.2) is 12.3 Å². The van der Waals surface area contributed by atoms with Gasteiger partial charge in [0.15, 0.2) is 11.5 Å². The van der Waals surface area contributed by atoms with E-state index in [2.05, 4.69) is 10.3 Å². The van der Waals surface area contributed by atoms with E-state index in [0.29, 0.717) is 25.8 Å². The number of nitrogens with zero attached hydrogens (tertiary/aromatic N) is 2. The van der Waals surface area contributed by atoms with E-state index in [-0.39, 0.29) is 5.91 Å². The first-order valence-corrected chi connectivity index (χ1v) is 7.46. The Balaban J connectivity index is 1.50. The number of fused-ring (bicyclic) bond motifs is 1. The second-order valence-electron chi connectivity index (χ2n) is 5.48. The molecule has 21 heavy (non-hydrogen) atoms. The fourth-order valence-electron chi connectivity index (χ4n) is 2.73. The number of pyridine rings is 1. The van der Waals surface area contributed by atoms with Gasteiger partial charge in [0.1, 0.15) is 13.2 Å². The molecule has 2 aliphatic rings. The fourth-order valence-corrected chi connectivity index (χ4v) is 2.73. The quantitative estimate of drug-likeness (QED) is 0.898. The number of carbonyl (C=O) groups is 1. The van der Waals surface area contributed by atoms with Crippen molar-refractivity contribution >= 4 is 5.91 Å². The summed E-state index contributed by atoms with van der Waals surface area (Å²) < 4.78 is 11.0. The Hall–Kier alpha value is -1.82. The van der Waals surface area contributed by atoms with E-state index in [1.54, 1.807) is 13.1 Å². The molecule has 0 radical (unpaired) electrons. The standard InChI is InChI=1S/C15H21N3O3/c1-11(19)18-4-2-12(3-5-18)16-9-13-8-14-15(10-17-13)21-7-6-20-14/h8,10,12,16H,2-7,9H2,1H3. The zero-order chi connectivity index (χ0) is 14.7. The van der Waals surface area contributed by atoms with Gasteiger partial charge in [0.05, 0.1) is 11.9 Å². The lowest BCUT2D eigenvalue weighted by molar-refractivity contribution is -0.129. The molecule has 0 aliphatic carbocycles. The molecule has 3 heterocycles. The number of aromatic nitrogens is 1. The van der Waals surface area contributed by atoms with Gasteiger partial charge >= 0.3 is 0 Å². The summed E-state index contributed by atoms with van der Waals surface area (Å²) in [4.78, 5) is 17.6. The monoisotopic (exact) mass is 291 g/mol. The first kappa shape index (κ1) is 14.1. The van der Waals surface area contributed by atoms with Crippen molar-refractivity contribution < 1.29 is 14.3 Å². The number of amides is 1. The summed E-state index contributed by atoms with van der Waals surface area (Å²) in [5.74, 6) is 1.67. The maximum atomic E-state index is 11.3. The largest absolute Gasteiger partial charge is 0.486 e. The third-order valence-electron chi connectivity index (χ3n) is 4.00. The Labute approximate surface area is 124 Å². The van der Waals surface area contributed by atoms with Crippen molar-refractivity contribution in [3.63, 3.8) is 0 Å². The molecule has 1 N–H and O–H groups in total. The Morgan fingerprint density at radius 1 is 1.33 bits per heavy atom. The van der Waals surface area contributed by atoms with Crippen LogP contribution < -0.4 is 14.8 Å². The van der Waals surface area contributed by atoms with Crippen molar-refractivity contribution in [2.45, 2.75) is 32.4 Å². The number of ether oxygens (including phenoxy) is 2. The minimum absolute atomic E-state index is 0.168. The first-order chi connectivity index (χ1) is 10.2. The second-order valence-corrected chi connectivity index (χ2v) is 5.48. The average molecular weight is 291 g/mol. The molecule has 0 unspecified atom stereocenters. The maximum Gasteiger partial charge on any atom is 0.219 e. The Morgan fingerprint density at radius 3 is 2.76 bits per heavy atom. The zero-order valence-electron chi connectivity index (χ0n) is 12.3. The summed E-state index contributed by atoms with van der Waals surface area (Å²) >= 11 is 0. The number of rotatable bonds is 3. The van der Waals surface area contributed by atoms with Crippen LogP contribution in [0.2, 0.25) is 0 Å². The number of carbonyl (C=O) groups excluding carboxylic acids is 1. The summed E-state index contributed by atoms with van der Waals surface area (Å²) in [6, 6.07) is 2.38. The molecular weight excluding hydrogens is 270 g/mol. The Bertz CT molecular complexity index is 513. The molecule has 6 nitrogen and oxygen atoms in total. The van der Waals surface area contributed by atoms with Crippen molar-refractivity contribution in [3.8, 4) is 11.5 Å². The average Bonchev–Trinajstić information content (AvgIpc) is 2.53. The lowest BCUT2D eigenvalue weighted by Gasteiger charge is -2.31. The van der Waals surface area contributed by atoms with Crippen LogP contribution in [0.1, 0.15) is 25.5 Å². The molecule has 2 aliphatic heterocycles. The van der Waals surface area contributed by atoms with Crippen LogP contribution in [0, 0.1) is 0 Å². The highest BCUT2D eigenvalue weighted by Gasteiger charge is 2.20. The van der Waals surface area contributed by atoms with Crippen LogP contribution >= 0.6 is 0 Å². The number of hydrogen-bond acceptors (Lipinski definition) is 5. The summed E-state index contributed by atoms with van der Waals surface area (Å²) in [7, 11) is 0. The van der Waals surface area contributed by atoms with E-state index < -0.39 is 0 Å². The molecule has 6 heteroatoms. The van der Waals surface area contributed by atoms with Crippen LogP contribution in [0.3, 0.4) is 0 Å². The molecule has 0 atom stereocenters. The molecule has 3 rings (SSSR count). The SMILES string of the molecule is CC(=O)N1CCC(NCc2cc3c(cn2)OCCO3)CC1. The smallest absolute Gasteiger partial charge is 0.219 e. The second kappa shape index (κ2) is 6.30. The van der Waals surface area contributed by atoms with Gasteiger partial charge in [0.2, 0.25) is 5.91 Å². The number of nitrogens with one attached hydrogen (secondary N) is 1. The summed E-state index contributed by atoms with van der Waals surface area (Å²) in [6.07, 6.45) is 3.71. The molecular formula is C15H21N3O3. The highest BCUT2D eigenvalue weighted by Crippen LogP contribution is 2.29. The highest BCUT2D eigenvalue weighted by atomic mass is 16.6. The third-order valence-corrected chi connectivity index (χ3v) is 4.00. The third kappa shape index (κ3) is 3.44. The minimum Gasteiger partial charge on any atom is -0.486 e. The van der Waals surface area contributed by atoms with Gasteiger partial charge in [-0.3, -0.25) is 9.78 Å². The van der Waals surface area contributed by atoms with E-state index in [1.165, 1.54) is 0 Å². The molecule has 0 spiro atoms. The van der Waals surface area contributed by atoms with E-state index in [4.69, 9.17) is 9.47 Å². The van der Waals surface area contributed by atoms with Gasteiger partial charge in [-0.2, -0.15) is 0 Å². The molecule has 1 fully saturated rings. The molecule has 1 aromatic heterocycles. The number of piperidine rings is 1. The van der Waals surface area contributed by atoms with Crippen LogP contribution in [-0.2, 0) is 11.3 Å². The Kier molecular flexibility index (Phi) is 4.24. The first-order valence-electron chi connectivity index (χ1n) is 7.46. The summed E-state index contributed by atoms with van der Waals surface area (Å²) in [5, 5.41) is 3.51. The van der Waals surface area contributed by atoms with Gasteiger partial charge in [-0.1, -0.05) is 0 Å². The molecule has 0 bridgehead atoms. The molecule has 1 aromatic rings. The van der Waals surface area contributed by atoms with Gasteiger partial charge in [-0.25, -0.2) is 0 Å². The van der Waals surface area contributed by atoms with E-state index in [0.717, 1.165) is 43.1 Å². The van der Waals surface area contributed by atoms with Crippen LogP contribution in [0.25, 0.3) is 0 Å². The highest BCUT2D eigenvalue weighted by molar-refractivity contribution is 5.73. The molecule has 114 valence electrons. The van der Waals surface area contributed by atoms with Gasteiger partial charge in [-0.15, -0.1) is 0 Å². The number of hydrogen-bond donors (Lipinski definition) is 1. The number of likely N-dealkylation sites (tertiary alicyclic amines) is 1. The maximum absolute atomic E-state index is 11.3. The topological polar surface area (TPSA) is 63.7 Å². The van der Waals surface area contributed by atoms with Crippen LogP contribution in [0.5, 0.6) is 11.5 Å². The van der Waals surface area contributed by atoms with Crippen LogP contribution in [0.4, 0.5) is 0 Å². The fraction of sp³-hybridized carbons (Fsp3) is 0.600. The van der Waals surface area contributed by atoms with Gasteiger partial charge in [0.25, 0.3) is 0 Å². The molecule has 0 aromatic carbocycles.